The van der Waals surface area contributed by atoms with Crippen molar-refractivity contribution in [1.29, 1.82) is 0 Å². The monoisotopic (exact) mass is 441 g/mol. The number of halogens is 1. The van der Waals surface area contributed by atoms with Crippen LogP contribution in [0.2, 0.25) is 5.02 Å². The number of amides is 1. The molecule has 1 fully saturated rings. The summed E-state index contributed by atoms with van der Waals surface area (Å²) in [7, 11) is 1.60. The second-order valence-corrected chi connectivity index (χ2v) is 8.61. The molecule has 4 aromatic rings. The quantitative estimate of drug-likeness (QED) is 0.458. The van der Waals surface area contributed by atoms with Gasteiger partial charge in [0.05, 0.1) is 35.0 Å². The van der Waals surface area contributed by atoms with Crippen LogP contribution in [-0.4, -0.2) is 42.2 Å². The minimum Gasteiger partial charge on any atom is -0.494 e. The number of carbonyl (C=O) groups excluding carboxylic acids is 1. The second kappa shape index (κ2) is 7.91. The van der Waals surface area contributed by atoms with Gasteiger partial charge in [-0.05, 0) is 31.0 Å². The first-order valence-corrected chi connectivity index (χ1v) is 11.0. The lowest BCUT2D eigenvalue weighted by Gasteiger charge is -2.22. The SMILES string of the molecule is COc1ccc(Cl)c2sc(N(CC3CCCO3)C(=O)c3c[nH]c4ccccc34)nc12. The Hall–Kier alpha value is -2.61. The highest BCUT2D eigenvalue weighted by Crippen LogP contribution is 2.39. The van der Waals surface area contributed by atoms with Crippen LogP contribution in [0, 0.1) is 0 Å². The van der Waals surface area contributed by atoms with Crippen LogP contribution in [0.4, 0.5) is 5.13 Å². The van der Waals surface area contributed by atoms with E-state index in [1.54, 1.807) is 30.3 Å². The van der Waals surface area contributed by atoms with E-state index in [0.29, 0.717) is 33.5 Å². The first-order chi connectivity index (χ1) is 14.7. The van der Waals surface area contributed by atoms with Crippen molar-refractivity contribution in [2.75, 3.05) is 25.2 Å². The first-order valence-electron chi connectivity index (χ1n) is 9.78. The third kappa shape index (κ3) is 3.33. The predicted molar refractivity (Wildman–Crippen MR) is 120 cm³/mol. The van der Waals surface area contributed by atoms with Gasteiger partial charge in [0, 0.05) is 23.7 Å². The van der Waals surface area contributed by atoms with Gasteiger partial charge >= 0.3 is 0 Å². The molecule has 154 valence electrons. The van der Waals surface area contributed by atoms with Crippen molar-refractivity contribution < 1.29 is 14.3 Å². The molecule has 0 spiro atoms. The van der Waals surface area contributed by atoms with Crippen molar-refractivity contribution in [3.8, 4) is 5.75 Å². The van der Waals surface area contributed by atoms with Crippen LogP contribution in [0.25, 0.3) is 21.1 Å². The Morgan fingerprint density at radius 2 is 2.23 bits per heavy atom. The second-order valence-electron chi connectivity index (χ2n) is 7.22. The van der Waals surface area contributed by atoms with Crippen LogP contribution >= 0.6 is 22.9 Å². The summed E-state index contributed by atoms with van der Waals surface area (Å²) in [5, 5.41) is 2.06. The molecule has 1 aliphatic heterocycles. The number of anilines is 1. The highest BCUT2D eigenvalue weighted by atomic mass is 35.5. The summed E-state index contributed by atoms with van der Waals surface area (Å²) >= 11 is 7.81. The number of rotatable bonds is 5. The molecule has 2 aromatic heterocycles. The molecular formula is C22H20ClN3O3S. The molecule has 8 heteroatoms. The Morgan fingerprint density at radius 3 is 3.03 bits per heavy atom. The number of carbonyl (C=O) groups is 1. The molecule has 1 aliphatic rings. The number of hydrogen-bond donors (Lipinski definition) is 1. The van der Waals surface area contributed by atoms with E-state index >= 15 is 0 Å². The van der Waals surface area contributed by atoms with E-state index in [2.05, 4.69) is 4.98 Å². The lowest BCUT2D eigenvalue weighted by Crippen LogP contribution is -2.37. The Morgan fingerprint density at radius 1 is 1.37 bits per heavy atom. The standard InChI is InChI=1S/C22H20ClN3O3S/c1-28-18-9-8-16(23)20-19(18)25-22(30-20)26(12-13-5-4-10-29-13)21(27)15-11-24-17-7-3-2-6-14(15)17/h2-3,6-9,11,13,24H,4-5,10,12H2,1H3. The molecule has 3 heterocycles. The zero-order valence-corrected chi connectivity index (χ0v) is 17.9. The molecule has 1 atom stereocenters. The van der Waals surface area contributed by atoms with Crippen molar-refractivity contribution in [3.05, 3.63) is 53.2 Å². The Bertz CT molecular complexity index is 1230. The molecule has 0 radical (unpaired) electrons. The number of aromatic nitrogens is 2. The average molecular weight is 442 g/mol. The van der Waals surface area contributed by atoms with Gasteiger partial charge in [-0.2, -0.15) is 0 Å². The van der Waals surface area contributed by atoms with Gasteiger partial charge in [-0.15, -0.1) is 0 Å². The van der Waals surface area contributed by atoms with Gasteiger partial charge in [0.2, 0.25) is 0 Å². The number of methoxy groups -OCH3 is 1. The van der Waals surface area contributed by atoms with Crippen LogP contribution in [0.3, 0.4) is 0 Å². The fourth-order valence-corrected chi connectivity index (χ4v) is 5.12. The number of nitrogens with zero attached hydrogens (tertiary/aromatic N) is 2. The number of hydrogen-bond acceptors (Lipinski definition) is 5. The maximum Gasteiger partial charge on any atom is 0.262 e. The minimum atomic E-state index is -0.114. The minimum absolute atomic E-state index is 0.0106. The summed E-state index contributed by atoms with van der Waals surface area (Å²) in [6.07, 6.45) is 3.67. The topological polar surface area (TPSA) is 67.5 Å². The molecular weight excluding hydrogens is 422 g/mol. The van der Waals surface area contributed by atoms with E-state index in [4.69, 9.17) is 26.1 Å². The smallest absolute Gasteiger partial charge is 0.262 e. The third-order valence-corrected chi connectivity index (χ3v) is 6.91. The molecule has 1 saturated heterocycles. The lowest BCUT2D eigenvalue weighted by atomic mass is 10.1. The highest BCUT2D eigenvalue weighted by Gasteiger charge is 2.29. The summed E-state index contributed by atoms with van der Waals surface area (Å²) in [5.74, 6) is 0.519. The lowest BCUT2D eigenvalue weighted by molar-refractivity contribution is 0.0919. The van der Waals surface area contributed by atoms with Crippen molar-refractivity contribution >= 4 is 55.1 Å². The Balaban J connectivity index is 1.61. The van der Waals surface area contributed by atoms with Crippen LogP contribution < -0.4 is 9.64 Å². The largest absolute Gasteiger partial charge is 0.494 e. The molecule has 30 heavy (non-hydrogen) atoms. The maximum absolute atomic E-state index is 13.7. The van der Waals surface area contributed by atoms with E-state index in [1.165, 1.54) is 11.3 Å². The summed E-state index contributed by atoms with van der Waals surface area (Å²) in [4.78, 5) is 23.3. The van der Waals surface area contributed by atoms with Gasteiger partial charge in [0.15, 0.2) is 5.13 Å². The summed E-state index contributed by atoms with van der Waals surface area (Å²) < 4.78 is 12.1. The molecule has 1 amide bonds. The van der Waals surface area contributed by atoms with E-state index < -0.39 is 0 Å². The van der Waals surface area contributed by atoms with E-state index in [9.17, 15) is 4.79 Å². The third-order valence-electron chi connectivity index (χ3n) is 5.37. The predicted octanol–water partition coefficient (Wildman–Crippen LogP) is 5.27. The summed E-state index contributed by atoms with van der Waals surface area (Å²) in [6, 6.07) is 11.4. The van der Waals surface area contributed by atoms with Gasteiger partial charge in [0.25, 0.3) is 5.91 Å². The number of aromatic amines is 1. The molecule has 2 aromatic carbocycles. The van der Waals surface area contributed by atoms with Crippen LogP contribution in [0.1, 0.15) is 23.2 Å². The van der Waals surface area contributed by atoms with Crippen molar-refractivity contribution in [2.45, 2.75) is 18.9 Å². The molecule has 0 saturated carbocycles. The highest BCUT2D eigenvalue weighted by molar-refractivity contribution is 7.23. The van der Waals surface area contributed by atoms with Crippen molar-refractivity contribution in [2.24, 2.45) is 0 Å². The number of ether oxygens (including phenoxy) is 2. The van der Waals surface area contributed by atoms with E-state index in [-0.39, 0.29) is 12.0 Å². The van der Waals surface area contributed by atoms with Crippen LogP contribution in [-0.2, 0) is 4.74 Å². The summed E-state index contributed by atoms with van der Waals surface area (Å²) in [5.41, 5.74) is 2.20. The van der Waals surface area contributed by atoms with Crippen LogP contribution in [0.5, 0.6) is 5.75 Å². The molecule has 1 N–H and O–H groups in total. The van der Waals surface area contributed by atoms with E-state index in [1.807, 2.05) is 24.3 Å². The summed E-state index contributed by atoms with van der Waals surface area (Å²) in [6.45, 7) is 1.16. The van der Waals surface area contributed by atoms with Gasteiger partial charge in [-0.1, -0.05) is 41.1 Å². The normalized spacial score (nSPS) is 16.4. The number of benzene rings is 2. The Kier molecular flexibility index (Phi) is 5.10. The van der Waals surface area contributed by atoms with Gasteiger partial charge in [-0.25, -0.2) is 4.98 Å². The van der Waals surface area contributed by atoms with Crippen LogP contribution in [0.15, 0.2) is 42.6 Å². The van der Waals surface area contributed by atoms with E-state index in [0.717, 1.165) is 35.1 Å². The van der Waals surface area contributed by atoms with Gasteiger partial charge < -0.3 is 14.5 Å². The number of nitrogens with one attached hydrogen (secondary N) is 1. The Labute approximate surface area is 182 Å². The van der Waals surface area contributed by atoms with Crippen molar-refractivity contribution in [1.82, 2.24) is 9.97 Å². The number of H-pyrrole nitrogens is 1. The maximum atomic E-state index is 13.7. The molecule has 1 unspecified atom stereocenters. The molecule has 0 aliphatic carbocycles. The van der Waals surface area contributed by atoms with Crippen molar-refractivity contribution in [3.63, 3.8) is 0 Å². The number of fused-ring (bicyclic) bond motifs is 2. The number of para-hydroxylation sites is 1. The number of thiazole rings is 1. The molecule has 0 bridgehead atoms. The fraction of sp³-hybridized carbons (Fsp3) is 0.273. The average Bonchev–Trinajstić information content (AvgIpc) is 3.51. The molecule has 6 nitrogen and oxygen atoms in total. The first kappa shape index (κ1) is 19.4. The van der Waals surface area contributed by atoms with Gasteiger partial charge in [0.1, 0.15) is 11.3 Å². The fourth-order valence-electron chi connectivity index (χ4n) is 3.86. The zero-order chi connectivity index (χ0) is 20.7. The zero-order valence-electron chi connectivity index (χ0n) is 16.4. The molecule has 5 rings (SSSR count). The van der Waals surface area contributed by atoms with Gasteiger partial charge in [-0.3, -0.25) is 9.69 Å².